The summed E-state index contributed by atoms with van der Waals surface area (Å²) in [6.45, 7) is 0. The first-order chi connectivity index (χ1) is 12.3. The predicted octanol–water partition coefficient (Wildman–Crippen LogP) is 5.07. The predicted molar refractivity (Wildman–Crippen MR) is 103 cm³/mol. The Morgan fingerprint density at radius 3 is 2.16 bits per heavy atom. The Morgan fingerprint density at radius 2 is 1.52 bits per heavy atom. The highest BCUT2D eigenvalue weighted by Gasteiger charge is 2.22. The normalized spacial score (nSPS) is 10.9. The van der Waals surface area contributed by atoms with Crippen LogP contribution in [0.2, 0.25) is 0 Å². The lowest BCUT2D eigenvalue weighted by Gasteiger charge is -2.18. The number of aromatic nitrogens is 1. The van der Waals surface area contributed by atoms with Crippen LogP contribution >= 0.6 is 11.3 Å². The minimum absolute atomic E-state index is 0.0405. The smallest absolute Gasteiger partial charge is 0.236 e. The fraction of sp³-hybridized carbons (Fsp3) is 0.0476. The van der Waals surface area contributed by atoms with E-state index in [9.17, 15) is 4.79 Å². The Hall–Kier alpha value is -2.98. The molecule has 1 amide bonds. The molecule has 25 heavy (non-hydrogen) atoms. The van der Waals surface area contributed by atoms with Crippen LogP contribution < -0.4 is 5.32 Å². The van der Waals surface area contributed by atoms with Gasteiger partial charge < -0.3 is 5.32 Å². The number of nitrogens with zero attached hydrogens (tertiary/aromatic N) is 1. The lowest BCUT2D eigenvalue weighted by molar-refractivity contribution is -0.116. The zero-order valence-corrected chi connectivity index (χ0v) is 14.2. The van der Waals surface area contributed by atoms with E-state index in [1.165, 1.54) is 0 Å². The van der Waals surface area contributed by atoms with Crippen LogP contribution in [0, 0.1) is 0 Å². The molecule has 0 bridgehead atoms. The molecule has 0 radical (unpaired) electrons. The molecule has 0 aliphatic rings. The van der Waals surface area contributed by atoms with Gasteiger partial charge in [-0.3, -0.25) is 4.79 Å². The van der Waals surface area contributed by atoms with Crippen molar-refractivity contribution in [3.63, 3.8) is 0 Å². The van der Waals surface area contributed by atoms with Crippen molar-refractivity contribution >= 4 is 33.1 Å². The van der Waals surface area contributed by atoms with Gasteiger partial charge in [0.2, 0.25) is 5.91 Å². The molecule has 1 N–H and O–H groups in total. The fourth-order valence-electron chi connectivity index (χ4n) is 2.93. The largest absolute Gasteiger partial charge is 0.325 e. The Kier molecular flexibility index (Phi) is 4.27. The summed E-state index contributed by atoms with van der Waals surface area (Å²) in [5.41, 5.74) is 5.51. The van der Waals surface area contributed by atoms with E-state index in [-0.39, 0.29) is 11.8 Å². The number of fused-ring (bicyclic) bond motifs is 1. The number of anilines is 1. The van der Waals surface area contributed by atoms with Gasteiger partial charge in [0, 0.05) is 5.69 Å². The molecular weight excluding hydrogens is 328 g/mol. The van der Waals surface area contributed by atoms with Crippen LogP contribution in [0.15, 0.2) is 84.4 Å². The SMILES string of the molecule is O=C(Nc1ccc2ncsc2c1)C(c1ccccc1)c1ccccc1. The molecule has 1 aromatic heterocycles. The van der Waals surface area contributed by atoms with Gasteiger partial charge in [0.25, 0.3) is 0 Å². The van der Waals surface area contributed by atoms with Crippen molar-refractivity contribution in [1.29, 1.82) is 0 Å². The van der Waals surface area contributed by atoms with Crippen molar-refractivity contribution in [2.24, 2.45) is 0 Å². The van der Waals surface area contributed by atoms with Gasteiger partial charge in [-0.15, -0.1) is 11.3 Å². The lowest BCUT2D eigenvalue weighted by Crippen LogP contribution is -2.22. The molecule has 4 heteroatoms. The zero-order valence-electron chi connectivity index (χ0n) is 13.4. The average Bonchev–Trinajstić information content (AvgIpc) is 3.11. The molecule has 0 fully saturated rings. The third kappa shape index (κ3) is 3.30. The summed E-state index contributed by atoms with van der Waals surface area (Å²) in [5, 5.41) is 3.06. The van der Waals surface area contributed by atoms with Gasteiger partial charge in [0.05, 0.1) is 21.6 Å². The van der Waals surface area contributed by atoms with Crippen molar-refractivity contribution in [1.82, 2.24) is 4.98 Å². The molecule has 122 valence electrons. The van der Waals surface area contributed by atoms with Crippen LogP contribution in [0.5, 0.6) is 0 Å². The number of nitrogens with one attached hydrogen (secondary N) is 1. The van der Waals surface area contributed by atoms with E-state index in [0.717, 1.165) is 27.0 Å². The fourth-order valence-corrected chi connectivity index (χ4v) is 3.65. The molecule has 0 saturated heterocycles. The summed E-state index contributed by atoms with van der Waals surface area (Å²) < 4.78 is 1.06. The Labute approximate surface area is 150 Å². The molecule has 0 unspecified atom stereocenters. The molecule has 0 atom stereocenters. The first-order valence-electron chi connectivity index (χ1n) is 8.05. The highest BCUT2D eigenvalue weighted by molar-refractivity contribution is 7.16. The van der Waals surface area contributed by atoms with E-state index < -0.39 is 0 Å². The number of amides is 1. The lowest BCUT2D eigenvalue weighted by atomic mass is 9.90. The molecule has 3 nitrogen and oxygen atoms in total. The van der Waals surface area contributed by atoms with Crippen molar-refractivity contribution in [3.05, 3.63) is 95.5 Å². The summed E-state index contributed by atoms with van der Waals surface area (Å²) in [5.74, 6) is -0.388. The molecule has 0 aliphatic carbocycles. The summed E-state index contributed by atoms with van der Waals surface area (Å²) in [6.07, 6.45) is 0. The average molecular weight is 344 g/mol. The minimum Gasteiger partial charge on any atom is -0.325 e. The van der Waals surface area contributed by atoms with Crippen LogP contribution in [-0.4, -0.2) is 10.9 Å². The second-order valence-electron chi connectivity index (χ2n) is 5.78. The van der Waals surface area contributed by atoms with Gasteiger partial charge in [-0.05, 0) is 29.3 Å². The second kappa shape index (κ2) is 6.87. The monoisotopic (exact) mass is 344 g/mol. The van der Waals surface area contributed by atoms with Gasteiger partial charge in [-0.25, -0.2) is 4.98 Å². The first kappa shape index (κ1) is 15.5. The van der Waals surface area contributed by atoms with Crippen LogP contribution in [0.3, 0.4) is 0 Å². The molecule has 0 saturated carbocycles. The van der Waals surface area contributed by atoms with Gasteiger partial charge in [0.15, 0.2) is 0 Å². The summed E-state index contributed by atoms with van der Waals surface area (Å²) in [4.78, 5) is 17.3. The quantitative estimate of drug-likeness (QED) is 0.562. The topological polar surface area (TPSA) is 42.0 Å². The van der Waals surface area contributed by atoms with Crippen LogP contribution in [0.1, 0.15) is 17.0 Å². The molecule has 4 rings (SSSR count). The number of thiazole rings is 1. The molecule has 3 aromatic carbocycles. The van der Waals surface area contributed by atoms with E-state index >= 15 is 0 Å². The van der Waals surface area contributed by atoms with Crippen molar-refractivity contribution in [2.75, 3.05) is 5.32 Å². The third-order valence-electron chi connectivity index (χ3n) is 4.13. The van der Waals surface area contributed by atoms with Crippen molar-refractivity contribution in [3.8, 4) is 0 Å². The second-order valence-corrected chi connectivity index (χ2v) is 6.66. The van der Waals surface area contributed by atoms with E-state index in [4.69, 9.17) is 0 Å². The highest BCUT2D eigenvalue weighted by Crippen LogP contribution is 2.27. The summed E-state index contributed by atoms with van der Waals surface area (Å²) in [6, 6.07) is 25.5. The van der Waals surface area contributed by atoms with E-state index in [1.54, 1.807) is 11.3 Å². The Morgan fingerprint density at radius 1 is 0.880 bits per heavy atom. The number of rotatable bonds is 4. The summed E-state index contributed by atoms with van der Waals surface area (Å²) in [7, 11) is 0. The Bertz CT molecular complexity index is 957. The molecular formula is C21H16N2OS. The van der Waals surface area contributed by atoms with Gasteiger partial charge >= 0.3 is 0 Å². The molecule has 1 heterocycles. The maximum Gasteiger partial charge on any atom is 0.236 e. The Balaban J connectivity index is 1.68. The number of benzene rings is 3. The van der Waals surface area contributed by atoms with Gasteiger partial charge in [-0.1, -0.05) is 60.7 Å². The molecule has 4 aromatic rings. The van der Waals surface area contributed by atoms with Gasteiger partial charge in [-0.2, -0.15) is 0 Å². The first-order valence-corrected chi connectivity index (χ1v) is 8.93. The third-order valence-corrected chi connectivity index (χ3v) is 4.92. The van der Waals surface area contributed by atoms with Crippen molar-refractivity contribution < 1.29 is 4.79 Å². The van der Waals surface area contributed by atoms with E-state index in [2.05, 4.69) is 10.3 Å². The van der Waals surface area contributed by atoms with Crippen LogP contribution in [-0.2, 0) is 4.79 Å². The number of carbonyl (C=O) groups excluding carboxylic acids is 1. The maximum atomic E-state index is 13.1. The summed E-state index contributed by atoms with van der Waals surface area (Å²) >= 11 is 1.57. The number of hydrogen-bond donors (Lipinski definition) is 1. The maximum absolute atomic E-state index is 13.1. The number of hydrogen-bond acceptors (Lipinski definition) is 3. The minimum atomic E-state index is -0.348. The van der Waals surface area contributed by atoms with Crippen LogP contribution in [0.4, 0.5) is 5.69 Å². The van der Waals surface area contributed by atoms with Crippen molar-refractivity contribution in [2.45, 2.75) is 5.92 Å². The van der Waals surface area contributed by atoms with E-state index in [0.29, 0.717) is 0 Å². The molecule has 0 spiro atoms. The zero-order chi connectivity index (χ0) is 17.1. The van der Waals surface area contributed by atoms with Crippen LogP contribution in [0.25, 0.3) is 10.2 Å². The molecule has 0 aliphatic heterocycles. The standard InChI is InChI=1S/C21H16N2OS/c24-21(23-17-11-12-18-19(13-17)25-14-22-18)20(15-7-3-1-4-8-15)16-9-5-2-6-10-16/h1-14,20H,(H,23,24). The highest BCUT2D eigenvalue weighted by atomic mass is 32.1. The van der Waals surface area contributed by atoms with Gasteiger partial charge in [0.1, 0.15) is 0 Å². The number of carbonyl (C=O) groups is 1. The van der Waals surface area contributed by atoms with E-state index in [1.807, 2.05) is 84.4 Å².